The van der Waals surface area contributed by atoms with E-state index in [2.05, 4.69) is 17.1 Å². The van der Waals surface area contributed by atoms with Gasteiger partial charge in [0.15, 0.2) is 5.16 Å². The summed E-state index contributed by atoms with van der Waals surface area (Å²) in [5, 5.41) is 8.56. The highest BCUT2D eigenvalue weighted by atomic mass is 32.2. The van der Waals surface area contributed by atoms with Crippen LogP contribution in [0.4, 0.5) is 5.95 Å². The van der Waals surface area contributed by atoms with Crippen molar-refractivity contribution in [2.45, 2.75) is 12.1 Å². The third kappa shape index (κ3) is 3.16. The van der Waals surface area contributed by atoms with E-state index < -0.39 is 0 Å². The van der Waals surface area contributed by atoms with Crippen LogP contribution in [0.25, 0.3) is 0 Å². The van der Waals surface area contributed by atoms with E-state index in [1.807, 2.05) is 31.3 Å². The number of aromatic nitrogens is 3. The quantitative estimate of drug-likeness (QED) is 0.659. The zero-order chi connectivity index (χ0) is 13.0. The summed E-state index contributed by atoms with van der Waals surface area (Å²) < 4.78 is 7.38. The largest absolute Gasteiger partial charge is 0.493 e. The van der Waals surface area contributed by atoms with E-state index in [1.54, 1.807) is 16.3 Å². The second-order valence-corrected chi connectivity index (χ2v) is 4.97. The van der Waals surface area contributed by atoms with Gasteiger partial charge in [0.2, 0.25) is 5.95 Å². The van der Waals surface area contributed by atoms with Crippen LogP contribution in [0, 0.1) is 6.92 Å². The minimum Gasteiger partial charge on any atom is -0.493 e. The normalized spacial score (nSPS) is 10.6. The zero-order valence-corrected chi connectivity index (χ0v) is 11.3. The molecule has 0 radical (unpaired) electrons. The van der Waals surface area contributed by atoms with Gasteiger partial charge < -0.3 is 10.5 Å². The number of hydrogen-bond acceptors (Lipinski definition) is 5. The lowest BCUT2D eigenvalue weighted by molar-refractivity contribution is 0.344. The number of thioether (sulfide) groups is 1. The van der Waals surface area contributed by atoms with Gasteiger partial charge in [-0.1, -0.05) is 29.5 Å². The van der Waals surface area contributed by atoms with Crippen molar-refractivity contribution in [1.82, 2.24) is 14.8 Å². The lowest BCUT2D eigenvalue weighted by Crippen LogP contribution is -2.02. The van der Waals surface area contributed by atoms with Crippen molar-refractivity contribution < 1.29 is 4.74 Å². The molecule has 0 spiro atoms. The summed E-state index contributed by atoms with van der Waals surface area (Å²) in [6.07, 6.45) is 0. The number of aryl methyl sites for hydroxylation is 1. The van der Waals surface area contributed by atoms with Gasteiger partial charge in [-0.25, -0.2) is 0 Å². The monoisotopic (exact) mass is 264 g/mol. The second kappa shape index (κ2) is 5.77. The predicted octanol–water partition coefficient (Wildman–Crippen LogP) is 1.88. The van der Waals surface area contributed by atoms with Crippen LogP contribution in [0.3, 0.4) is 0 Å². The molecule has 0 aliphatic heterocycles. The van der Waals surface area contributed by atoms with E-state index in [-0.39, 0.29) is 0 Å². The maximum atomic E-state index is 5.62. The first kappa shape index (κ1) is 12.8. The van der Waals surface area contributed by atoms with Crippen LogP contribution >= 0.6 is 11.8 Å². The fraction of sp³-hybridized carbons (Fsp3) is 0.333. The number of hydrogen-bond donors (Lipinski definition) is 1. The topological polar surface area (TPSA) is 66.0 Å². The lowest BCUT2D eigenvalue weighted by Gasteiger charge is -2.06. The fourth-order valence-corrected chi connectivity index (χ4v) is 2.11. The molecule has 0 saturated carbocycles. The van der Waals surface area contributed by atoms with Gasteiger partial charge in [0.1, 0.15) is 5.75 Å². The van der Waals surface area contributed by atoms with Crippen LogP contribution in [0.5, 0.6) is 5.75 Å². The third-order valence-electron chi connectivity index (χ3n) is 2.47. The highest BCUT2D eigenvalue weighted by Crippen LogP contribution is 2.17. The van der Waals surface area contributed by atoms with Crippen LogP contribution in [0.2, 0.25) is 0 Å². The molecule has 0 fully saturated rings. The third-order valence-corrected chi connectivity index (χ3v) is 3.46. The van der Waals surface area contributed by atoms with Gasteiger partial charge in [-0.15, -0.1) is 10.2 Å². The van der Waals surface area contributed by atoms with Crippen molar-refractivity contribution in [3.63, 3.8) is 0 Å². The molecule has 0 atom stereocenters. The molecule has 0 aliphatic rings. The average Bonchev–Trinajstić information content (AvgIpc) is 2.68. The molecule has 0 unspecified atom stereocenters. The van der Waals surface area contributed by atoms with E-state index in [1.165, 1.54) is 5.56 Å². The van der Waals surface area contributed by atoms with Crippen molar-refractivity contribution >= 4 is 17.7 Å². The van der Waals surface area contributed by atoms with E-state index in [0.29, 0.717) is 12.6 Å². The SMILES string of the molecule is Cc1ccc(OCCSc2nnc(N)n2C)cc1. The van der Waals surface area contributed by atoms with Gasteiger partial charge in [-0.05, 0) is 19.1 Å². The Morgan fingerprint density at radius 1 is 1.28 bits per heavy atom. The Hall–Kier alpha value is -1.69. The fourth-order valence-electron chi connectivity index (χ4n) is 1.38. The summed E-state index contributed by atoms with van der Waals surface area (Å²) in [7, 11) is 1.85. The summed E-state index contributed by atoms with van der Waals surface area (Å²) >= 11 is 1.57. The number of rotatable bonds is 5. The van der Waals surface area contributed by atoms with Crippen molar-refractivity contribution in [3.8, 4) is 5.75 Å². The molecule has 0 amide bonds. The molecule has 1 heterocycles. The Balaban J connectivity index is 1.76. The molecule has 18 heavy (non-hydrogen) atoms. The molecule has 0 aliphatic carbocycles. The number of anilines is 1. The molecule has 96 valence electrons. The van der Waals surface area contributed by atoms with E-state index >= 15 is 0 Å². The minimum atomic E-state index is 0.428. The first-order valence-corrected chi connectivity index (χ1v) is 6.62. The summed E-state index contributed by atoms with van der Waals surface area (Å²) in [5.74, 6) is 2.12. The Morgan fingerprint density at radius 2 is 2.00 bits per heavy atom. The standard InChI is InChI=1S/C12H16N4OS/c1-9-3-5-10(6-4-9)17-7-8-18-12-15-14-11(13)16(12)2/h3-6H,7-8H2,1-2H3,(H2,13,14). The smallest absolute Gasteiger partial charge is 0.222 e. The number of benzene rings is 1. The molecule has 5 nitrogen and oxygen atoms in total. The molecule has 2 aromatic rings. The number of ether oxygens (including phenoxy) is 1. The summed E-state index contributed by atoms with van der Waals surface area (Å²) in [6.45, 7) is 2.68. The van der Waals surface area contributed by atoms with Crippen LogP contribution in [0.15, 0.2) is 29.4 Å². The van der Waals surface area contributed by atoms with Crippen LogP contribution in [0.1, 0.15) is 5.56 Å². The lowest BCUT2D eigenvalue weighted by atomic mass is 10.2. The van der Waals surface area contributed by atoms with Gasteiger partial charge in [0.25, 0.3) is 0 Å². The molecule has 0 saturated heterocycles. The average molecular weight is 264 g/mol. The molecule has 1 aromatic heterocycles. The molecule has 0 bridgehead atoms. The van der Waals surface area contributed by atoms with Gasteiger partial charge in [0.05, 0.1) is 6.61 Å². The van der Waals surface area contributed by atoms with Gasteiger partial charge in [0, 0.05) is 12.8 Å². The summed E-state index contributed by atoms with van der Waals surface area (Å²) in [5.41, 5.74) is 6.82. The first-order valence-electron chi connectivity index (χ1n) is 5.64. The van der Waals surface area contributed by atoms with Gasteiger partial charge >= 0.3 is 0 Å². The highest BCUT2D eigenvalue weighted by molar-refractivity contribution is 7.99. The van der Waals surface area contributed by atoms with Crippen LogP contribution in [-0.2, 0) is 7.05 Å². The van der Waals surface area contributed by atoms with Crippen molar-refractivity contribution in [3.05, 3.63) is 29.8 Å². The van der Waals surface area contributed by atoms with E-state index in [0.717, 1.165) is 16.7 Å². The number of nitrogens with two attached hydrogens (primary N) is 1. The molecular weight excluding hydrogens is 248 g/mol. The predicted molar refractivity (Wildman–Crippen MR) is 72.8 cm³/mol. The van der Waals surface area contributed by atoms with E-state index in [4.69, 9.17) is 10.5 Å². The molecule has 2 N–H and O–H groups in total. The van der Waals surface area contributed by atoms with Gasteiger partial charge in [-0.2, -0.15) is 0 Å². The Morgan fingerprint density at radius 3 is 2.61 bits per heavy atom. The maximum absolute atomic E-state index is 5.62. The highest BCUT2D eigenvalue weighted by Gasteiger charge is 2.05. The molecule has 1 aromatic carbocycles. The first-order chi connectivity index (χ1) is 8.66. The Kier molecular flexibility index (Phi) is 4.09. The number of nitrogen functional groups attached to an aromatic ring is 1. The Labute approximate surface area is 110 Å². The van der Waals surface area contributed by atoms with Crippen LogP contribution in [-0.4, -0.2) is 27.1 Å². The van der Waals surface area contributed by atoms with Gasteiger partial charge in [-0.3, -0.25) is 4.57 Å². The van der Waals surface area contributed by atoms with E-state index in [9.17, 15) is 0 Å². The van der Waals surface area contributed by atoms with Crippen molar-refractivity contribution in [2.75, 3.05) is 18.1 Å². The minimum absolute atomic E-state index is 0.428. The molecular formula is C12H16N4OS. The maximum Gasteiger partial charge on any atom is 0.222 e. The summed E-state index contributed by atoms with van der Waals surface area (Å²) in [6, 6.07) is 8.01. The molecule has 6 heteroatoms. The number of nitrogens with zero attached hydrogens (tertiary/aromatic N) is 3. The zero-order valence-electron chi connectivity index (χ0n) is 10.5. The summed E-state index contributed by atoms with van der Waals surface area (Å²) in [4.78, 5) is 0. The second-order valence-electron chi connectivity index (χ2n) is 3.91. The van der Waals surface area contributed by atoms with Crippen molar-refractivity contribution in [1.29, 1.82) is 0 Å². The van der Waals surface area contributed by atoms with Crippen LogP contribution < -0.4 is 10.5 Å². The Bertz CT molecular complexity index is 509. The van der Waals surface area contributed by atoms with Crippen molar-refractivity contribution in [2.24, 2.45) is 7.05 Å². The molecule has 2 rings (SSSR count).